The molecule has 1 N–H and O–H groups in total. The van der Waals surface area contributed by atoms with Gasteiger partial charge in [-0.25, -0.2) is 0 Å². The molecule has 0 heterocycles. The lowest BCUT2D eigenvalue weighted by Gasteiger charge is -2.29. The van der Waals surface area contributed by atoms with Crippen LogP contribution < -0.4 is 0 Å². The Morgan fingerprint density at radius 3 is 2.67 bits per heavy atom. The molecule has 3 unspecified atom stereocenters. The average Bonchev–Trinajstić information content (AvgIpc) is 2.16. The zero-order chi connectivity index (χ0) is 11.3. The van der Waals surface area contributed by atoms with Crippen LogP contribution in [0, 0.1) is 11.8 Å². The van der Waals surface area contributed by atoms with Gasteiger partial charge in [-0.15, -0.1) is 0 Å². The molecule has 0 amide bonds. The number of aliphatic hydroxyl groups excluding tert-OH is 1. The van der Waals surface area contributed by atoms with Crippen molar-refractivity contribution in [2.45, 2.75) is 64.6 Å². The predicted octanol–water partition coefficient (Wildman–Crippen LogP) is 2.99. The average molecular weight is 214 g/mol. The highest BCUT2D eigenvalue weighted by atomic mass is 16.5. The zero-order valence-electron chi connectivity index (χ0n) is 10.4. The van der Waals surface area contributed by atoms with Gasteiger partial charge in [-0.1, -0.05) is 26.7 Å². The molecule has 2 heteroatoms. The fourth-order valence-corrected chi connectivity index (χ4v) is 2.69. The Kier molecular flexibility index (Phi) is 5.62. The summed E-state index contributed by atoms with van der Waals surface area (Å²) in [4.78, 5) is 0. The molecule has 1 rings (SSSR count). The van der Waals surface area contributed by atoms with E-state index in [9.17, 15) is 5.11 Å². The molecule has 0 aromatic carbocycles. The minimum Gasteiger partial charge on any atom is -0.393 e. The van der Waals surface area contributed by atoms with E-state index in [-0.39, 0.29) is 6.10 Å². The van der Waals surface area contributed by atoms with Crippen LogP contribution in [-0.2, 0) is 4.74 Å². The number of hydrogen-bond donors (Lipinski definition) is 1. The molecule has 1 aliphatic rings. The van der Waals surface area contributed by atoms with Crippen molar-refractivity contribution < 1.29 is 9.84 Å². The Labute approximate surface area is 94.0 Å². The summed E-state index contributed by atoms with van der Waals surface area (Å²) in [5, 5.41) is 9.89. The van der Waals surface area contributed by atoms with Gasteiger partial charge in [0.05, 0.1) is 12.2 Å². The van der Waals surface area contributed by atoms with Gasteiger partial charge in [-0.2, -0.15) is 0 Å². The normalized spacial score (nSPS) is 29.4. The standard InChI is InChI=1S/C13H26O2/c1-10(2)7-12(14)8-11-5-4-6-13(9-11)15-3/h10-14H,4-9H2,1-3H3. The van der Waals surface area contributed by atoms with Crippen molar-refractivity contribution in [3.8, 4) is 0 Å². The fraction of sp³-hybridized carbons (Fsp3) is 1.00. The maximum Gasteiger partial charge on any atom is 0.0574 e. The van der Waals surface area contributed by atoms with Gasteiger partial charge in [-0.05, 0) is 37.5 Å². The van der Waals surface area contributed by atoms with E-state index in [2.05, 4.69) is 13.8 Å². The van der Waals surface area contributed by atoms with Gasteiger partial charge in [-0.3, -0.25) is 0 Å². The topological polar surface area (TPSA) is 29.5 Å². The van der Waals surface area contributed by atoms with Gasteiger partial charge in [0.1, 0.15) is 0 Å². The Morgan fingerprint density at radius 2 is 2.07 bits per heavy atom. The van der Waals surface area contributed by atoms with Crippen LogP contribution in [0.15, 0.2) is 0 Å². The van der Waals surface area contributed by atoms with E-state index in [1.54, 1.807) is 7.11 Å². The molecule has 0 spiro atoms. The maximum atomic E-state index is 9.89. The van der Waals surface area contributed by atoms with Crippen molar-refractivity contribution in [2.75, 3.05) is 7.11 Å². The zero-order valence-corrected chi connectivity index (χ0v) is 10.4. The highest BCUT2D eigenvalue weighted by molar-refractivity contribution is 4.75. The minimum atomic E-state index is -0.106. The third-order valence-electron chi connectivity index (χ3n) is 3.42. The monoisotopic (exact) mass is 214 g/mol. The number of hydrogen-bond acceptors (Lipinski definition) is 2. The van der Waals surface area contributed by atoms with Crippen LogP contribution in [0.2, 0.25) is 0 Å². The molecular weight excluding hydrogens is 188 g/mol. The van der Waals surface area contributed by atoms with Crippen molar-refractivity contribution in [1.82, 2.24) is 0 Å². The lowest BCUT2D eigenvalue weighted by Crippen LogP contribution is -2.25. The van der Waals surface area contributed by atoms with Crippen molar-refractivity contribution in [2.24, 2.45) is 11.8 Å². The summed E-state index contributed by atoms with van der Waals surface area (Å²) in [6.07, 6.45) is 7.12. The first-order valence-corrected chi connectivity index (χ1v) is 6.32. The van der Waals surface area contributed by atoms with Crippen LogP contribution in [0.25, 0.3) is 0 Å². The Balaban J connectivity index is 2.25. The van der Waals surface area contributed by atoms with Crippen LogP contribution in [0.1, 0.15) is 52.4 Å². The summed E-state index contributed by atoms with van der Waals surface area (Å²) in [7, 11) is 1.80. The van der Waals surface area contributed by atoms with E-state index in [0.29, 0.717) is 17.9 Å². The maximum absolute atomic E-state index is 9.89. The van der Waals surface area contributed by atoms with Crippen LogP contribution in [0.3, 0.4) is 0 Å². The van der Waals surface area contributed by atoms with Crippen molar-refractivity contribution in [1.29, 1.82) is 0 Å². The van der Waals surface area contributed by atoms with E-state index in [1.165, 1.54) is 19.3 Å². The van der Waals surface area contributed by atoms with Gasteiger partial charge in [0.15, 0.2) is 0 Å². The first-order chi connectivity index (χ1) is 7.11. The van der Waals surface area contributed by atoms with E-state index < -0.39 is 0 Å². The summed E-state index contributed by atoms with van der Waals surface area (Å²) >= 11 is 0. The van der Waals surface area contributed by atoms with Crippen molar-refractivity contribution >= 4 is 0 Å². The highest BCUT2D eigenvalue weighted by Crippen LogP contribution is 2.30. The van der Waals surface area contributed by atoms with E-state index >= 15 is 0 Å². The first kappa shape index (κ1) is 13.0. The lowest BCUT2D eigenvalue weighted by atomic mass is 9.82. The molecular formula is C13H26O2. The van der Waals surface area contributed by atoms with Gasteiger partial charge in [0.25, 0.3) is 0 Å². The molecule has 3 atom stereocenters. The quantitative estimate of drug-likeness (QED) is 0.762. The highest BCUT2D eigenvalue weighted by Gasteiger charge is 2.23. The number of ether oxygens (including phenoxy) is 1. The molecule has 0 bridgehead atoms. The van der Waals surface area contributed by atoms with Crippen LogP contribution in [0.4, 0.5) is 0 Å². The van der Waals surface area contributed by atoms with E-state index in [4.69, 9.17) is 4.74 Å². The van der Waals surface area contributed by atoms with Crippen LogP contribution in [0.5, 0.6) is 0 Å². The third kappa shape index (κ3) is 4.98. The molecule has 1 saturated carbocycles. The number of aliphatic hydroxyl groups is 1. The minimum absolute atomic E-state index is 0.106. The molecule has 90 valence electrons. The summed E-state index contributed by atoms with van der Waals surface area (Å²) in [5.41, 5.74) is 0. The summed E-state index contributed by atoms with van der Waals surface area (Å²) < 4.78 is 5.40. The summed E-state index contributed by atoms with van der Waals surface area (Å²) in [6, 6.07) is 0. The van der Waals surface area contributed by atoms with Gasteiger partial charge in [0, 0.05) is 7.11 Å². The largest absolute Gasteiger partial charge is 0.393 e. The molecule has 0 radical (unpaired) electrons. The molecule has 0 aromatic heterocycles. The van der Waals surface area contributed by atoms with Crippen LogP contribution >= 0.6 is 0 Å². The second-order valence-electron chi connectivity index (χ2n) is 5.41. The second kappa shape index (κ2) is 6.49. The predicted molar refractivity (Wildman–Crippen MR) is 62.8 cm³/mol. The van der Waals surface area contributed by atoms with Crippen LogP contribution in [-0.4, -0.2) is 24.4 Å². The number of methoxy groups -OCH3 is 1. The number of rotatable bonds is 5. The molecule has 1 aliphatic carbocycles. The summed E-state index contributed by atoms with van der Waals surface area (Å²) in [6.45, 7) is 4.34. The Hall–Kier alpha value is -0.0800. The smallest absolute Gasteiger partial charge is 0.0574 e. The molecule has 0 aliphatic heterocycles. The van der Waals surface area contributed by atoms with Gasteiger partial charge < -0.3 is 9.84 Å². The lowest BCUT2D eigenvalue weighted by molar-refractivity contribution is 0.0326. The third-order valence-corrected chi connectivity index (χ3v) is 3.42. The SMILES string of the molecule is COC1CCCC(CC(O)CC(C)C)C1. The van der Waals surface area contributed by atoms with Crippen molar-refractivity contribution in [3.05, 3.63) is 0 Å². The molecule has 0 saturated heterocycles. The second-order valence-corrected chi connectivity index (χ2v) is 5.41. The molecule has 0 aromatic rings. The van der Waals surface area contributed by atoms with Crippen molar-refractivity contribution in [3.63, 3.8) is 0 Å². The molecule has 2 nitrogen and oxygen atoms in total. The van der Waals surface area contributed by atoms with Gasteiger partial charge >= 0.3 is 0 Å². The first-order valence-electron chi connectivity index (χ1n) is 6.32. The van der Waals surface area contributed by atoms with E-state index in [0.717, 1.165) is 19.3 Å². The summed E-state index contributed by atoms with van der Waals surface area (Å²) in [5.74, 6) is 1.28. The fourth-order valence-electron chi connectivity index (χ4n) is 2.69. The van der Waals surface area contributed by atoms with Gasteiger partial charge in [0.2, 0.25) is 0 Å². The molecule has 1 fully saturated rings. The molecule has 15 heavy (non-hydrogen) atoms. The van der Waals surface area contributed by atoms with E-state index in [1.807, 2.05) is 0 Å². The Bertz CT molecular complexity index is 168. The Morgan fingerprint density at radius 1 is 1.33 bits per heavy atom.